The number of rotatable bonds is 5. The summed E-state index contributed by atoms with van der Waals surface area (Å²) in [6.45, 7) is 0. The molecule has 16 rings (SSSR count). The fourth-order valence-corrected chi connectivity index (χ4v) is 11.7. The molecule has 0 unspecified atom stereocenters. The molecule has 6 heterocycles. The van der Waals surface area contributed by atoms with E-state index in [1.54, 1.807) is 0 Å². The molecule has 0 saturated heterocycles. The maximum atomic E-state index is 5.19. The lowest BCUT2D eigenvalue weighted by atomic mass is 10.1. The van der Waals surface area contributed by atoms with Gasteiger partial charge in [-0.1, -0.05) is 202 Å². The molecule has 0 aliphatic rings. The number of hydrogen-bond acceptors (Lipinski definition) is 2. The lowest BCUT2D eigenvalue weighted by Gasteiger charge is -2.11. The van der Waals surface area contributed by atoms with Gasteiger partial charge in [-0.05, 0) is 101 Å². The van der Waals surface area contributed by atoms with Gasteiger partial charge in [0.25, 0.3) is 0 Å². The maximum Gasteiger partial charge on any atom is 0.138 e. The van der Waals surface area contributed by atoms with Gasteiger partial charge in [0.2, 0.25) is 0 Å². The second-order valence-corrected chi connectivity index (χ2v) is 19.9. The van der Waals surface area contributed by atoms with Crippen molar-refractivity contribution >= 4 is 103 Å². The molecule has 6 nitrogen and oxygen atoms in total. The molecule has 0 fully saturated rings. The van der Waals surface area contributed by atoms with E-state index in [0.29, 0.717) is 0 Å². The van der Waals surface area contributed by atoms with Crippen LogP contribution in [0.2, 0.25) is 0 Å². The zero-order valence-corrected chi connectivity index (χ0v) is 43.3. The highest BCUT2D eigenvalue weighted by atomic mass is 79.9. The van der Waals surface area contributed by atoms with Gasteiger partial charge in [-0.3, -0.25) is 4.57 Å². The second kappa shape index (κ2) is 20.4. The molecule has 0 aliphatic heterocycles. The topological polar surface area (TPSA) is 56.4 Å². The maximum absolute atomic E-state index is 5.19. The first-order valence-electron chi connectivity index (χ1n) is 25.9. The van der Waals surface area contributed by atoms with Crippen molar-refractivity contribution in [1.29, 1.82) is 0 Å². The number of fused-ring (bicyclic) bond motifs is 14. The molecule has 16 aromatic rings. The third-order valence-electron chi connectivity index (χ3n) is 14.6. The number of nitrogens with zero attached hydrogens (tertiary/aromatic N) is 5. The third kappa shape index (κ3) is 8.29. The molecule has 374 valence electrons. The first-order valence-corrected chi connectivity index (χ1v) is 26.7. The number of para-hydroxylation sites is 6. The number of benzene rings is 10. The van der Waals surface area contributed by atoms with E-state index in [1.807, 2.05) is 42.5 Å². The summed E-state index contributed by atoms with van der Waals surface area (Å²) in [7, 11) is 0. The molecular formula is C71H53BrN6. The molecule has 0 aliphatic carbocycles. The molecule has 0 atom stereocenters. The Labute approximate surface area is 461 Å². The molecule has 78 heavy (non-hydrogen) atoms. The molecule has 0 saturated carbocycles. The fraction of sp³-hybridized carbons (Fsp3) is 0.0141. The summed E-state index contributed by atoms with van der Waals surface area (Å²) in [5, 5.41) is 10.1. The largest absolute Gasteiger partial charge is 0.354 e. The highest BCUT2D eigenvalue weighted by Crippen LogP contribution is 2.43. The van der Waals surface area contributed by atoms with Gasteiger partial charge in [0, 0.05) is 72.5 Å². The molecule has 6 aromatic heterocycles. The van der Waals surface area contributed by atoms with Crippen LogP contribution in [0.15, 0.2) is 284 Å². The van der Waals surface area contributed by atoms with Crippen molar-refractivity contribution in [2.75, 3.05) is 0 Å². The summed E-state index contributed by atoms with van der Waals surface area (Å²) in [6, 6.07) is 97.6. The van der Waals surface area contributed by atoms with E-state index in [9.17, 15) is 0 Å². The average Bonchev–Trinajstić information content (AvgIpc) is 4.45. The van der Waals surface area contributed by atoms with Crippen molar-refractivity contribution in [3.05, 3.63) is 284 Å². The minimum atomic E-state index is 0. The zero-order valence-electron chi connectivity index (χ0n) is 41.7. The summed E-state index contributed by atoms with van der Waals surface area (Å²) in [4.78, 5) is 13.2. The average molecular weight is 1070 g/mol. The summed E-state index contributed by atoms with van der Waals surface area (Å²) in [5.41, 5.74) is 16.2. The number of aromatic amines is 1. The lowest BCUT2D eigenvalue weighted by molar-refractivity contribution is 1.09. The highest BCUT2D eigenvalue weighted by Gasteiger charge is 2.22. The van der Waals surface area contributed by atoms with Gasteiger partial charge in [0.15, 0.2) is 0 Å². The van der Waals surface area contributed by atoms with Crippen LogP contribution in [0.4, 0.5) is 0 Å². The van der Waals surface area contributed by atoms with Crippen LogP contribution in [0.3, 0.4) is 0 Å². The van der Waals surface area contributed by atoms with Gasteiger partial charge in [0.05, 0.1) is 50.0 Å². The van der Waals surface area contributed by atoms with Crippen molar-refractivity contribution < 1.29 is 1.43 Å². The molecule has 7 heteroatoms. The molecule has 0 spiro atoms. The summed E-state index contributed by atoms with van der Waals surface area (Å²) >= 11 is 3.35. The zero-order chi connectivity index (χ0) is 51.2. The van der Waals surface area contributed by atoms with E-state index in [0.717, 1.165) is 44.1 Å². The van der Waals surface area contributed by atoms with Crippen molar-refractivity contribution in [2.45, 2.75) is 7.43 Å². The van der Waals surface area contributed by atoms with E-state index in [-0.39, 0.29) is 8.85 Å². The first kappa shape index (κ1) is 47.9. The number of hydrogen-bond donors (Lipinski definition) is 1. The van der Waals surface area contributed by atoms with E-state index in [4.69, 9.17) is 4.98 Å². The number of nitrogens with one attached hydrogen (secondary N) is 1. The minimum absolute atomic E-state index is 0. The van der Waals surface area contributed by atoms with Crippen LogP contribution < -0.4 is 0 Å². The standard InChI is InChI=1S/C35H23N3.C24H16N2.C11H8BrN.CH4.H2/c1-3-12-24(13-4-1)29-18-11-21-33(36-29)38-30-19-9-7-16-26(30)27-22-23-32-34(35(27)38)28-17-8-10-20-31(28)37(32)25-14-5-2-6-15-25;1-2-8-16(9-3-1)26-21-13-7-5-11-19(21)23-22(26)15-14-18-17-10-4-6-12-20(17)25-24(18)23;12-11-8-4-7-10(13-11)9-5-2-1-3-6-9;;/h1-23H;1-15,25H;1-8H;1H4;1H/i;;;;1+1. The van der Waals surface area contributed by atoms with Gasteiger partial charge in [-0.15, -0.1) is 0 Å². The second-order valence-electron chi connectivity index (χ2n) is 19.1. The number of pyridine rings is 2. The van der Waals surface area contributed by atoms with Crippen molar-refractivity contribution in [2.24, 2.45) is 0 Å². The van der Waals surface area contributed by atoms with Crippen LogP contribution in [-0.2, 0) is 0 Å². The van der Waals surface area contributed by atoms with E-state index < -0.39 is 0 Å². The minimum Gasteiger partial charge on any atom is -0.354 e. The van der Waals surface area contributed by atoms with Crippen LogP contribution >= 0.6 is 15.9 Å². The van der Waals surface area contributed by atoms with Crippen LogP contribution in [0.5, 0.6) is 0 Å². The molecule has 1 N–H and O–H groups in total. The lowest BCUT2D eigenvalue weighted by Crippen LogP contribution is -1.99. The Balaban J connectivity index is 0.000000131. The number of halogens is 1. The monoisotopic (exact) mass is 1070 g/mol. The Morgan fingerprint density at radius 1 is 0.321 bits per heavy atom. The summed E-state index contributed by atoms with van der Waals surface area (Å²) in [6.07, 6.45) is 0. The van der Waals surface area contributed by atoms with Crippen molar-refractivity contribution in [3.63, 3.8) is 0 Å². The van der Waals surface area contributed by atoms with Gasteiger partial charge in [-0.2, -0.15) is 0 Å². The van der Waals surface area contributed by atoms with Gasteiger partial charge in [-0.25, -0.2) is 9.97 Å². The molecule has 0 radical (unpaired) electrons. The van der Waals surface area contributed by atoms with Crippen molar-refractivity contribution in [3.8, 4) is 39.7 Å². The van der Waals surface area contributed by atoms with E-state index in [2.05, 4.69) is 276 Å². The molecule has 10 aromatic carbocycles. The Kier molecular flexibility index (Phi) is 12.5. The predicted molar refractivity (Wildman–Crippen MR) is 335 cm³/mol. The Morgan fingerprint density at radius 2 is 0.769 bits per heavy atom. The molecule has 0 bridgehead atoms. The SMILES string of the molecule is Brc1cccc(-c2ccccc2)n1.C.[2HH].c1ccc(-c2cccc(-n3c4ccccc4c4ccc5c(c6ccccc6n5-c5ccccc5)c43)n2)cc1.c1ccc(-n2c3ccccc3c3c4[nH]c5ccccc5c4ccc32)cc1. The molecular weight excluding hydrogens is 1020 g/mol. The van der Waals surface area contributed by atoms with Crippen LogP contribution in [0.1, 0.15) is 8.85 Å². The van der Waals surface area contributed by atoms with Crippen LogP contribution in [0, 0.1) is 0 Å². The predicted octanol–water partition coefficient (Wildman–Crippen LogP) is 19.8. The van der Waals surface area contributed by atoms with Gasteiger partial charge >= 0.3 is 0 Å². The van der Waals surface area contributed by atoms with E-state index >= 15 is 0 Å². The Hall–Kier alpha value is -9.82. The van der Waals surface area contributed by atoms with Crippen LogP contribution in [0.25, 0.3) is 127 Å². The summed E-state index contributed by atoms with van der Waals surface area (Å²) < 4.78 is 7.95. The van der Waals surface area contributed by atoms with Crippen molar-refractivity contribution in [1.82, 2.24) is 28.7 Å². The number of H-pyrrole nitrogens is 1. The quantitative estimate of drug-likeness (QED) is 0.175. The number of aromatic nitrogens is 6. The van der Waals surface area contributed by atoms with Gasteiger partial charge in [0.1, 0.15) is 10.4 Å². The Morgan fingerprint density at radius 3 is 1.36 bits per heavy atom. The highest BCUT2D eigenvalue weighted by molar-refractivity contribution is 9.10. The molecule has 0 amide bonds. The van der Waals surface area contributed by atoms with Gasteiger partial charge < -0.3 is 14.1 Å². The van der Waals surface area contributed by atoms with Crippen LogP contribution in [-0.4, -0.2) is 28.7 Å². The third-order valence-corrected chi connectivity index (χ3v) is 15.1. The fourth-order valence-electron chi connectivity index (χ4n) is 11.3. The van der Waals surface area contributed by atoms with E-state index in [1.165, 1.54) is 87.4 Å². The normalized spacial score (nSPS) is 11.3. The first-order chi connectivity index (χ1) is 38.2. The summed E-state index contributed by atoms with van der Waals surface area (Å²) in [5.74, 6) is 0.918. The Bertz CT molecular complexity index is 4810. The smallest absolute Gasteiger partial charge is 0.138 e.